The first-order valence-electron chi connectivity index (χ1n) is 12.0. The van der Waals surface area contributed by atoms with Crippen LogP contribution in [0.2, 0.25) is 0 Å². The molecule has 2 saturated heterocycles. The van der Waals surface area contributed by atoms with Gasteiger partial charge in [0.25, 0.3) is 0 Å². The zero-order valence-electron chi connectivity index (χ0n) is 19.7. The molecule has 3 heterocycles. The highest BCUT2D eigenvalue weighted by molar-refractivity contribution is 7.89. The molecule has 2 aliphatic rings. The predicted molar refractivity (Wildman–Crippen MR) is 132 cm³/mol. The van der Waals surface area contributed by atoms with Crippen molar-refractivity contribution in [3.8, 4) is 0 Å². The Kier molecular flexibility index (Phi) is 6.47. The average Bonchev–Trinajstić information content (AvgIpc) is 3.38. The van der Waals surface area contributed by atoms with E-state index in [-0.39, 0.29) is 24.2 Å². The van der Waals surface area contributed by atoms with Crippen LogP contribution >= 0.6 is 0 Å². The number of piperidine rings is 1. The Morgan fingerprint density at radius 1 is 1.03 bits per heavy atom. The number of halogens is 1. The Balaban J connectivity index is 1.33. The summed E-state index contributed by atoms with van der Waals surface area (Å²) in [7, 11) is -3.66. The van der Waals surface area contributed by atoms with E-state index in [1.165, 1.54) is 10.4 Å². The lowest BCUT2D eigenvalue weighted by Crippen LogP contribution is -2.49. The van der Waals surface area contributed by atoms with Crippen molar-refractivity contribution < 1.29 is 12.8 Å². The first-order chi connectivity index (χ1) is 16.8. The van der Waals surface area contributed by atoms with Gasteiger partial charge in [0.2, 0.25) is 10.0 Å². The highest BCUT2D eigenvalue weighted by atomic mass is 32.2. The minimum Gasteiger partial charge on any atom is -0.627 e. The van der Waals surface area contributed by atoms with E-state index in [9.17, 15) is 13.6 Å². The van der Waals surface area contributed by atoms with E-state index in [1.54, 1.807) is 24.8 Å². The van der Waals surface area contributed by atoms with Crippen molar-refractivity contribution >= 4 is 15.7 Å². The van der Waals surface area contributed by atoms with Gasteiger partial charge in [-0.2, -0.15) is 4.31 Å². The van der Waals surface area contributed by atoms with E-state index < -0.39 is 25.7 Å². The molecule has 0 saturated carbocycles. The van der Waals surface area contributed by atoms with Gasteiger partial charge in [-0.15, -0.1) is 10.2 Å². The summed E-state index contributed by atoms with van der Waals surface area (Å²) in [6.45, 7) is 2.48. The van der Waals surface area contributed by atoms with E-state index in [4.69, 9.17) is 0 Å². The van der Waals surface area contributed by atoms with Gasteiger partial charge in [-0.05, 0) is 37.5 Å². The Labute approximate surface area is 205 Å². The molecule has 1 aromatic heterocycles. The molecule has 186 valence electrons. The van der Waals surface area contributed by atoms with Gasteiger partial charge in [-0.3, -0.25) is 0 Å². The van der Waals surface area contributed by atoms with Crippen LogP contribution in [0.4, 0.5) is 10.1 Å². The molecule has 0 N–H and O–H groups in total. The second-order valence-electron chi connectivity index (χ2n) is 9.67. The molecule has 0 radical (unpaired) electrons. The van der Waals surface area contributed by atoms with Crippen LogP contribution in [0.5, 0.6) is 0 Å². The molecule has 2 atom stereocenters. The van der Waals surface area contributed by atoms with Crippen molar-refractivity contribution in [3.05, 3.63) is 83.3 Å². The zero-order chi connectivity index (χ0) is 24.6. The van der Waals surface area contributed by atoms with Crippen LogP contribution in [0.1, 0.15) is 55.0 Å². The van der Waals surface area contributed by atoms with E-state index in [0.717, 1.165) is 5.56 Å². The molecule has 0 amide bonds. The van der Waals surface area contributed by atoms with Crippen LogP contribution in [-0.4, -0.2) is 46.6 Å². The third kappa shape index (κ3) is 4.63. The Morgan fingerprint density at radius 2 is 1.71 bits per heavy atom. The van der Waals surface area contributed by atoms with E-state index in [1.807, 2.05) is 41.8 Å². The molecule has 5 rings (SSSR count). The molecule has 2 aliphatic heterocycles. The fourth-order valence-electron chi connectivity index (χ4n) is 5.36. The summed E-state index contributed by atoms with van der Waals surface area (Å²) in [5.41, 5.74) is 1.40. The summed E-state index contributed by atoms with van der Waals surface area (Å²) in [5, 5.41) is 20.5. The minimum absolute atomic E-state index is 0.0481. The molecule has 10 heteroatoms. The molecular weight excluding hydrogens is 469 g/mol. The van der Waals surface area contributed by atoms with Gasteiger partial charge in [-0.1, -0.05) is 30.3 Å². The summed E-state index contributed by atoms with van der Waals surface area (Å²) >= 11 is 0. The third-order valence-electron chi connectivity index (χ3n) is 7.53. The molecule has 0 bridgehead atoms. The van der Waals surface area contributed by atoms with Crippen molar-refractivity contribution in [2.75, 3.05) is 13.1 Å². The number of quaternary nitrogens is 1. The normalized spacial score (nSPS) is 29.2. The second-order valence-corrected chi connectivity index (χ2v) is 11.7. The average molecular weight is 500 g/mol. The lowest BCUT2D eigenvalue weighted by Gasteiger charge is -2.47. The number of hydrogen-bond donors (Lipinski definition) is 0. The maximum Gasteiger partial charge on any atom is 0.221 e. The Hall–Kier alpha value is -2.66. The monoisotopic (exact) mass is 499 g/mol. The number of hydroxylamine groups is 2. The number of aromatic nitrogens is 3. The minimum atomic E-state index is -3.66. The highest BCUT2D eigenvalue weighted by Gasteiger charge is 2.41. The summed E-state index contributed by atoms with van der Waals surface area (Å²) < 4.78 is 44.9. The highest BCUT2D eigenvalue weighted by Crippen LogP contribution is 2.39. The summed E-state index contributed by atoms with van der Waals surface area (Å²) in [6, 6.07) is 13.6. The van der Waals surface area contributed by atoms with Crippen molar-refractivity contribution in [2.45, 2.75) is 56.5 Å². The molecule has 0 aliphatic carbocycles. The lowest BCUT2D eigenvalue weighted by molar-refractivity contribution is 0.243. The van der Waals surface area contributed by atoms with Gasteiger partial charge in [0, 0.05) is 43.1 Å². The molecule has 3 aromatic rings. The Morgan fingerprint density at radius 3 is 2.37 bits per heavy atom. The molecule has 35 heavy (non-hydrogen) atoms. The smallest absolute Gasteiger partial charge is 0.221 e. The van der Waals surface area contributed by atoms with Crippen molar-refractivity contribution in [1.82, 2.24) is 23.7 Å². The molecule has 2 aromatic carbocycles. The fraction of sp³-hybridized carbons (Fsp3) is 0.440. The number of benzene rings is 2. The Bertz CT molecular complexity index is 1260. The summed E-state index contributed by atoms with van der Waals surface area (Å²) in [4.78, 5) is 0. The van der Waals surface area contributed by atoms with Crippen LogP contribution in [0.15, 0.2) is 61.2 Å². The van der Waals surface area contributed by atoms with Crippen molar-refractivity contribution in [1.29, 1.82) is 0 Å². The van der Waals surface area contributed by atoms with Gasteiger partial charge < -0.3 is 14.4 Å². The van der Waals surface area contributed by atoms with Crippen molar-refractivity contribution in [3.63, 3.8) is 0 Å². The molecule has 8 nitrogen and oxygen atoms in total. The van der Waals surface area contributed by atoms with Gasteiger partial charge in [0.1, 0.15) is 29.4 Å². The van der Waals surface area contributed by atoms with Crippen LogP contribution < -0.4 is 4.65 Å². The number of rotatable bonds is 5. The first-order valence-corrected chi connectivity index (χ1v) is 13.5. The van der Waals surface area contributed by atoms with Gasteiger partial charge in [0.15, 0.2) is 0 Å². The molecule has 2 fully saturated rings. The van der Waals surface area contributed by atoms with Crippen LogP contribution in [0.3, 0.4) is 0 Å². The largest absolute Gasteiger partial charge is 0.627 e. The van der Waals surface area contributed by atoms with Gasteiger partial charge in [0.05, 0.1) is 13.1 Å². The van der Waals surface area contributed by atoms with Crippen LogP contribution in [0, 0.1) is 11.0 Å². The van der Waals surface area contributed by atoms with E-state index in [0.29, 0.717) is 44.5 Å². The lowest BCUT2D eigenvalue weighted by atomic mass is 10.0. The van der Waals surface area contributed by atoms with Gasteiger partial charge >= 0.3 is 0 Å². The van der Waals surface area contributed by atoms with E-state index in [2.05, 4.69) is 10.2 Å². The first kappa shape index (κ1) is 24.1. The van der Waals surface area contributed by atoms with Crippen LogP contribution in [0.25, 0.3) is 0 Å². The SMILES string of the molecule is C[C@H]1CC[C@H](c2ccccc2)S(=O)(=O)N1Cc1ccc([N+]2([O-])CCC(n3cnnc3)CC2)cc1F. The summed E-state index contributed by atoms with van der Waals surface area (Å²) in [5.74, 6) is -0.541. The maximum absolute atomic E-state index is 15.2. The standard InChI is InChI=1S/C25H30FN5O3S/c1-19-7-10-25(20-5-3-2-4-6-20)35(33,34)30(19)16-21-8-9-23(15-24(21)26)31(32)13-11-22(12-14-31)29-17-27-28-18-29/h2-6,8-9,15,17-19,22,25H,7,10-14,16H2,1H3/t19-,22?,25+,31?/m0/s1. The predicted octanol–water partition coefficient (Wildman–Crippen LogP) is 4.31. The van der Waals surface area contributed by atoms with Gasteiger partial charge in [-0.25, -0.2) is 12.8 Å². The van der Waals surface area contributed by atoms with E-state index >= 15 is 4.39 Å². The second kappa shape index (κ2) is 9.42. The summed E-state index contributed by atoms with van der Waals surface area (Å²) in [6.07, 6.45) is 5.85. The number of hydrogen-bond acceptors (Lipinski definition) is 5. The molecule has 0 unspecified atom stereocenters. The number of nitrogens with zero attached hydrogens (tertiary/aromatic N) is 5. The van der Waals surface area contributed by atoms with Crippen LogP contribution in [-0.2, 0) is 16.6 Å². The maximum atomic E-state index is 15.2. The molecular formula is C25H30FN5O3S. The third-order valence-corrected chi connectivity index (χ3v) is 9.90. The molecule has 0 spiro atoms. The topological polar surface area (TPSA) is 91.2 Å². The zero-order valence-corrected chi connectivity index (χ0v) is 20.5. The van der Waals surface area contributed by atoms with Crippen molar-refractivity contribution in [2.24, 2.45) is 0 Å². The quantitative estimate of drug-likeness (QED) is 0.385. The fourth-order valence-corrected chi connectivity index (χ4v) is 7.55. The number of sulfonamides is 1.